The van der Waals surface area contributed by atoms with Gasteiger partial charge in [0.15, 0.2) is 5.69 Å². The van der Waals surface area contributed by atoms with Crippen molar-refractivity contribution in [1.82, 2.24) is 9.88 Å². The number of rotatable bonds is 9. The molecule has 0 spiro atoms. The van der Waals surface area contributed by atoms with Gasteiger partial charge in [-0.25, -0.2) is 4.79 Å². The Labute approximate surface area is 210 Å². The maximum Gasteiger partial charge on any atom is 0.319 e. The van der Waals surface area contributed by atoms with Crippen LogP contribution >= 0.6 is 0 Å². The highest BCUT2D eigenvalue weighted by atomic mass is 16.5. The number of benzene rings is 2. The summed E-state index contributed by atoms with van der Waals surface area (Å²) in [6.07, 6.45) is 2.55. The average Bonchev–Trinajstić information content (AvgIpc) is 2.84. The van der Waals surface area contributed by atoms with Gasteiger partial charge in [0, 0.05) is 19.7 Å². The van der Waals surface area contributed by atoms with Crippen molar-refractivity contribution in [3.8, 4) is 5.75 Å². The van der Waals surface area contributed by atoms with Crippen molar-refractivity contribution in [2.45, 2.75) is 46.1 Å². The van der Waals surface area contributed by atoms with Crippen LogP contribution < -0.4 is 16.2 Å². The molecule has 8 nitrogen and oxygen atoms in total. The van der Waals surface area contributed by atoms with Crippen LogP contribution in [0, 0.1) is 13.8 Å². The third-order valence-corrected chi connectivity index (χ3v) is 6.11. The van der Waals surface area contributed by atoms with Crippen molar-refractivity contribution in [2.75, 3.05) is 11.9 Å². The molecule has 0 aliphatic rings. The third kappa shape index (κ3) is 6.75. The lowest BCUT2D eigenvalue weighted by Gasteiger charge is -2.21. The molecule has 8 heteroatoms. The predicted octanol–water partition coefficient (Wildman–Crippen LogP) is 4.50. The smallest absolute Gasteiger partial charge is 0.319 e. The first-order chi connectivity index (χ1) is 17.2. The average molecular weight is 492 g/mol. The van der Waals surface area contributed by atoms with Crippen molar-refractivity contribution < 1.29 is 19.4 Å². The summed E-state index contributed by atoms with van der Waals surface area (Å²) in [6.45, 7) is 6.19. The van der Waals surface area contributed by atoms with Crippen LogP contribution in [-0.4, -0.2) is 28.3 Å². The summed E-state index contributed by atoms with van der Waals surface area (Å²) in [5.74, 6) is -0.683. The van der Waals surface area contributed by atoms with Gasteiger partial charge in [-0.2, -0.15) is 0 Å². The fraction of sp³-hybridized carbons (Fsp3) is 0.321. The van der Waals surface area contributed by atoms with Gasteiger partial charge in [0.2, 0.25) is 0 Å². The second-order valence-corrected chi connectivity index (χ2v) is 8.78. The van der Waals surface area contributed by atoms with Crippen molar-refractivity contribution in [3.63, 3.8) is 0 Å². The maximum atomic E-state index is 12.8. The molecule has 0 aliphatic heterocycles. The minimum atomic E-state index is -0.664. The maximum absolute atomic E-state index is 12.8. The number of nitrogens with zero attached hydrogens (tertiary/aromatic N) is 1. The molecule has 1 atom stereocenters. The van der Waals surface area contributed by atoms with Gasteiger partial charge in [0.05, 0.1) is 12.6 Å². The zero-order chi connectivity index (χ0) is 26.2. The molecular formula is C28H33N3O5. The summed E-state index contributed by atoms with van der Waals surface area (Å²) in [7, 11) is 1.52. The minimum Gasteiger partial charge on any atom is -0.505 e. The zero-order valence-corrected chi connectivity index (χ0v) is 21.1. The molecule has 0 unspecified atom stereocenters. The molecule has 0 aliphatic carbocycles. The lowest BCUT2D eigenvalue weighted by molar-refractivity contribution is -0.143. The Morgan fingerprint density at radius 1 is 1.08 bits per heavy atom. The molecule has 1 aromatic heterocycles. The van der Waals surface area contributed by atoms with E-state index in [1.54, 1.807) is 6.92 Å². The van der Waals surface area contributed by atoms with Crippen molar-refractivity contribution in [2.24, 2.45) is 7.05 Å². The Hall–Kier alpha value is -4.07. The fourth-order valence-electron chi connectivity index (χ4n) is 4.11. The van der Waals surface area contributed by atoms with Crippen molar-refractivity contribution in [3.05, 3.63) is 92.9 Å². The fourth-order valence-corrected chi connectivity index (χ4v) is 4.11. The van der Waals surface area contributed by atoms with E-state index in [0.717, 1.165) is 17.5 Å². The lowest BCUT2D eigenvalue weighted by Crippen LogP contribution is -2.35. The molecule has 0 saturated carbocycles. The Balaban J connectivity index is 1.85. The van der Waals surface area contributed by atoms with Crippen LogP contribution in [0.2, 0.25) is 0 Å². The van der Waals surface area contributed by atoms with Crippen molar-refractivity contribution >= 4 is 17.7 Å². The van der Waals surface area contributed by atoms with Gasteiger partial charge >= 0.3 is 12.0 Å². The van der Waals surface area contributed by atoms with E-state index < -0.39 is 17.6 Å². The van der Waals surface area contributed by atoms with Gasteiger partial charge in [-0.15, -0.1) is 0 Å². The first-order valence-electron chi connectivity index (χ1n) is 11.9. The highest BCUT2D eigenvalue weighted by molar-refractivity contribution is 5.90. The van der Waals surface area contributed by atoms with Gasteiger partial charge in [-0.05, 0) is 67.5 Å². The van der Waals surface area contributed by atoms with Crippen LogP contribution in [0.4, 0.5) is 10.5 Å². The number of anilines is 1. The molecule has 0 saturated heterocycles. The Morgan fingerprint density at radius 3 is 2.47 bits per heavy atom. The van der Waals surface area contributed by atoms with E-state index in [1.165, 1.54) is 40.6 Å². The molecule has 190 valence electrons. The number of hydrogen-bond acceptors (Lipinski definition) is 5. The number of aryl methyl sites for hydroxylation is 3. The molecule has 3 aromatic rings. The molecule has 0 fully saturated rings. The molecule has 3 N–H and O–H groups in total. The number of esters is 1. The number of aromatic hydroxyl groups is 1. The molecule has 1 heterocycles. The van der Waals surface area contributed by atoms with Gasteiger partial charge in [-0.1, -0.05) is 42.5 Å². The molecular weight excluding hydrogens is 458 g/mol. The summed E-state index contributed by atoms with van der Waals surface area (Å²) in [4.78, 5) is 37.2. The largest absolute Gasteiger partial charge is 0.505 e. The van der Waals surface area contributed by atoms with Gasteiger partial charge in [-0.3, -0.25) is 9.59 Å². The zero-order valence-electron chi connectivity index (χ0n) is 21.1. The number of pyridine rings is 1. The molecule has 0 bridgehead atoms. The number of hydrogen-bond donors (Lipinski definition) is 3. The van der Waals surface area contributed by atoms with E-state index in [9.17, 15) is 19.5 Å². The standard InChI is InChI=1S/C28H33N3O5/c1-5-36-25(33)13-12-23(29-28(35)30-26-24(32)14-15-31(4)27(26)34)21-11-7-10-20(16-21)17-22-18(2)8-6-9-19(22)3/h6-11,14-16,23,32H,5,12-13,17H2,1-4H3,(H2,29,30,35)/t23-/m0/s1. The molecule has 36 heavy (non-hydrogen) atoms. The second kappa shape index (κ2) is 12.1. The van der Waals surface area contributed by atoms with Crippen LogP contribution in [0.1, 0.15) is 53.6 Å². The van der Waals surface area contributed by atoms with Crippen LogP contribution in [0.5, 0.6) is 5.75 Å². The topological polar surface area (TPSA) is 110 Å². The van der Waals surface area contributed by atoms with E-state index >= 15 is 0 Å². The number of amides is 2. The number of nitrogens with one attached hydrogen (secondary N) is 2. The van der Waals surface area contributed by atoms with E-state index in [2.05, 4.69) is 36.6 Å². The summed E-state index contributed by atoms with van der Waals surface area (Å²) >= 11 is 0. The summed E-state index contributed by atoms with van der Waals surface area (Å²) in [5, 5.41) is 15.4. The van der Waals surface area contributed by atoms with E-state index in [4.69, 9.17) is 4.74 Å². The first-order valence-corrected chi connectivity index (χ1v) is 11.9. The number of carbonyl (C=O) groups is 2. The Bertz CT molecular complexity index is 1280. The third-order valence-electron chi connectivity index (χ3n) is 6.11. The predicted molar refractivity (Wildman–Crippen MR) is 139 cm³/mol. The van der Waals surface area contributed by atoms with E-state index in [1.807, 2.05) is 30.3 Å². The van der Waals surface area contributed by atoms with E-state index in [-0.39, 0.29) is 30.4 Å². The number of ether oxygens (including phenoxy) is 1. The number of carbonyl (C=O) groups excluding carboxylic acids is 2. The van der Waals surface area contributed by atoms with Crippen LogP contribution in [0.25, 0.3) is 0 Å². The van der Waals surface area contributed by atoms with Gasteiger partial charge < -0.3 is 25.0 Å². The molecule has 3 rings (SSSR count). The normalized spacial score (nSPS) is 11.6. The Kier molecular flexibility index (Phi) is 8.89. The highest BCUT2D eigenvalue weighted by Gasteiger charge is 2.19. The molecule has 2 amide bonds. The van der Waals surface area contributed by atoms with E-state index in [0.29, 0.717) is 6.42 Å². The first kappa shape index (κ1) is 26.5. The SMILES string of the molecule is CCOC(=O)CC[C@H](NC(=O)Nc1c(O)ccn(C)c1=O)c1cccc(Cc2c(C)cccc2C)c1. The Morgan fingerprint density at radius 2 is 1.78 bits per heavy atom. The van der Waals surface area contributed by atoms with Gasteiger partial charge in [0.1, 0.15) is 5.75 Å². The number of aromatic nitrogens is 1. The minimum absolute atomic E-state index is 0.109. The monoisotopic (exact) mass is 491 g/mol. The molecule has 0 radical (unpaired) electrons. The number of urea groups is 1. The second-order valence-electron chi connectivity index (χ2n) is 8.78. The lowest BCUT2D eigenvalue weighted by atomic mass is 9.93. The quantitative estimate of drug-likeness (QED) is 0.382. The summed E-state index contributed by atoms with van der Waals surface area (Å²) in [5.41, 5.74) is 4.81. The highest BCUT2D eigenvalue weighted by Crippen LogP contribution is 2.24. The van der Waals surface area contributed by atoms with Crippen LogP contribution in [0.3, 0.4) is 0 Å². The van der Waals surface area contributed by atoms with Crippen molar-refractivity contribution in [1.29, 1.82) is 0 Å². The molecule has 2 aromatic carbocycles. The van der Waals surface area contributed by atoms with Crippen LogP contribution in [0.15, 0.2) is 59.5 Å². The summed E-state index contributed by atoms with van der Waals surface area (Å²) < 4.78 is 6.31. The van der Waals surface area contributed by atoms with Crippen LogP contribution in [-0.2, 0) is 23.0 Å². The van der Waals surface area contributed by atoms with Gasteiger partial charge in [0.25, 0.3) is 5.56 Å². The summed E-state index contributed by atoms with van der Waals surface area (Å²) in [6, 6.07) is 14.2.